The molecule has 1 aliphatic heterocycles. The van der Waals surface area contributed by atoms with Crippen LogP contribution in [0.15, 0.2) is 71.4 Å². The number of pyridine rings is 1. The van der Waals surface area contributed by atoms with Gasteiger partial charge in [-0.2, -0.15) is 18.2 Å². The first kappa shape index (κ1) is 29.2. The highest BCUT2D eigenvalue weighted by atomic mass is 19.4. The number of amides is 1. The highest BCUT2D eigenvalue weighted by molar-refractivity contribution is 5.94. The molecule has 5 rings (SSSR count). The summed E-state index contributed by atoms with van der Waals surface area (Å²) in [6.07, 6.45) is -2.85. The zero-order chi connectivity index (χ0) is 29.9. The maximum absolute atomic E-state index is 13.1. The summed E-state index contributed by atoms with van der Waals surface area (Å²) in [6, 6.07) is 18.1. The fraction of sp³-hybridized carbons (Fsp3) is 0.355. The lowest BCUT2D eigenvalue weighted by Crippen LogP contribution is -2.48. The average molecular weight is 580 g/mol. The third-order valence-corrected chi connectivity index (χ3v) is 7.06. The Hall–Kier alpha value is -4.25. The molecule has 1 fully saturated rings. The molecule has 2 aromatic carbocycles. The summed E-state index contributed by atoms with van der Waals surface area (Å²) < 4.78 is 47.2. The van der Waals surface area contributed by atoms with Gasteiger partial charge in [-0.3, -0.25) is 14.7 Å². The van der Waals surface area contributed by atoms with Crippen molar-refractivity contribution in [3.05, 3.63) is 83.6 Å². The Morgan fingerprint density at radius 1 is 0.929 bits per heavy atom. The Labute approximate surface area is 242 Å². The van der Waals surface area contributed by atoms with E-state index in [4.69, 9.17) is 9.26 Å². The molecule has 0 radical (unpaired) electrons. The molecule has 1 saturated heterocycles. The Balaban J connectivity index is 1.13. The van der Waals surface area contributed by atoms with Crippen molar-refractivity contribution in [2.24, 2.45) is 0 Å². The fourth-order valence-corrected chi connectivity index (χ4v) is 4.62. The van der Waals surface area contributed by atoms with E-state index in [1.807, 2.05) is 12.1 Å². The van der Waals surface area contributed by atoms with Gasteiger partial charge >= 0.3 is 6.18 Å². The third-order valence-electron chi connectivity index (χ3n) is 7.06. The number of ether oxygens (including phenoxy) is 1. The van der Waals surface area contributed by atoms with Crippen molar-refractivity contribution in [1.82, 2.24) is 24.9 Å². The normalized spacial score (nSPS) is 14.7. The van der Waals surface area contributed by atoms with Crippen LogP contribution in [-0.4, -0.2) is 69.8 Å². The largest absolute Gasteiger partial charge is 0.484 e. The van der Waals surface area contributed by atoms with Gasteiger partial charge in [0.25, 0.3) is 11.8 Å². The van der Waals surface area contributed by atoms with Crippen LogP contribution in [0.5, 0.6) is 5.75 Å². The molecule has 3 heterocycles. The van der Waals surface area contributed by atoms with E-state index in [1.54, 1.807) is 29.2 Å². The van der Waals surface area contributed by atoms with Gasteiger partial charge in [0.15, 0.2) is 6.61 Å². The van der Waals surface area contributed by atoms with Gasteiger partial charge in [-0.15, -0.1) is 0 Å². The summed E-state index contributed by atoms with van der Waals surface area (Å²) in [5, 5.41) is 4.09. The molecule has 11 heteroatoms. The quantitative estimate of drug-likeness (QED) is 0.266. The topological polar surface area (TPSA) is 84.6 Å². The number of nitrogens with zero attached hydrogens (tertiary/aromatic N) is 5. The van der Waals surface area contributed by atoms with Gasteiger partial charge in [0.2, 0.25) is 5.82 Å². The summed E-state index contributed by atoms with van der Waals surface area (Å²) in [7, 11) is 0. The Bertz CT molecular complexity index is 1490. The van der Waals surface area contributed by atoms with Crippen LogP contribution in [0.25, 0.3) is 23.0 Å². The van der Waals surface area contributed by atoms with Crippen LogP contribution in [0.4, 0.5) is 13.2 Å². The maximum Gasteiger partial charge on any atom is 0.422 e. The minimum absolute atomic E-state index is 0.0492. The van der Waals surface area contributed by atoms with Crippen LogP contribution >= 0.6 is 0 Å². The van der Waals surface area contributed by atoms with Gasteiger partial charge < -0.3 is 14.2 Å². The molecule has 42 heavy (non-hydrogen) atoms. The van der Waals surface area contributed by atoms with Crippen LogP contribution < -0.4 is 4.74 Å². The molecule has 0 N–H and O–H groups in total. The number of alkyl halides is 3. The number of halogens is 3. The molecule has 8 nitrogen and oxygen atoms in total. The monoisotopic (exact) mass is 579 g/mol. The molecular weight excluding hydrogens is 547 g/mol. The van der Waals surface area contributed by atoms with E-state index in [2.05, 4.69) is 52.9 Å². The summed E-state index contributed by atoms with van der Waals surface area (Å²) in [5.74, 6) is 0.815. The zero-order valence-corrected chi connectivity index (χ0v) is 23.7. The number of carbonyl (C=O) groups is 1. The third kappa shape index (κ3) is 7.33. The van der Waals surface area contributed by atoms with Gasteiger partial charge in [-0.25, -0.2) is 0 Å². The number of hydrogen-bond acceptors (Lipinski definition) is 7. The summed E-state index contributed by atoms with van der Waals surface area (Å²) in [4.78, 5) is 25.9. The first-order valence-electron chi connectivity index (χ1n) is 13.7. The molecule has 1 amide bonds. The van der Waals surface area contributed by atoms with E-state index in [1.165, 1.54) is 23.9 Å². The van der Waals surface area contributed by atoms with E-state index in [0.717, 1.165) is 11.1 Å². The number of carbonyl (C=O) groups excluding carboxylic acids is 1. The SMILES string of the molecule is CC(C)(C)c1ccc(-c2noc(-c3ccc(C(=O)N4CCN(Cc5ccc(OCC(F)(F)F)cc5)CC4)cn3)n2)cc1. The molecule has 0 bridgehead atoms. The molecule has 2 aromatic heterocycles. The van der Waals surface area contributed by atoms with Crippen LogP contribution in [0.3, 0.4) is 0 Å². The Morgan fingerprint density at radius 3 is 2.21 bits per heavy atom. The van der Waals surface area contributed by atoms with Gasteiger partial charge in [0.05, 0.1) is 5.56 Å². The van der Waals surface area contributed by atoms with E-state index >= 15 is 0 Å². The minimum atomic E-state index is -4.37. The van der Waals surface area contributed by atoms with Crippen molar-refractivity contribution in [1.29, 1.82) is 0 Å². The zero-order valence-electron chi connectivity index (χ0n) is 23.7. The lowest BCUT2D eigenvalue weighted by molar-refractivity contribution is -0.153. The molecule has 0 atom stereocenters. The van der Waals surface area contributed by atoms with E-state index in [9.17, 15) is 18.0 Å². The summed E-state index contributed by atoms with van der Waals surface area (Å²) >= 11 is 0. The second-order valence-corrected chi connectivity index (χ2v) is 11.3. The van der Waals surface area contributed by atoms with Gasteiger partial charge in [0.1, 0.15) is 11.4 Å². The number of benzene rings is 2. The van der Waals surface area contributed by atoms with Crippen molar-refractivity contribution in [3.63, 3.8) is 0 Å². The molecule has 0 unspecified atom stereocenters. The van der Waals surface area contributed by atoms with Crippen molar-refractivity contribution >= 4 is 5.91 Å². The van der Waals surface area contributed by atoms with E-state index in [-0.39, 0.29) is 23.0 Å². The maximum atomic E-state index is 13.1. The molecule has 0 spiro atoms. The first-order valence-corrected chi connectivity index (χ1v) is 13.7. The van der Waals surface area contributed by atoms with Crippen molar-refractivity contribution in [2.45, 2.75) is 38.9 Å². The van der Waals surface area contributed by atoms with Crippen LogP contribution in [0, 0.1) is 0 Å². The van der Waals surface area contributed by atoms with Gasteiger partial charge in [-0.1, -0.05) is 62.3 Å². The highest BCUT2D eigenvalue weighted by Gasteiger charge is 2.28. The predicted octanol–water partition coefficient (Wildman–Crippen LogP) is 6.00. The van der Waals surface area contributed by atoms with Gasteiger partial charge in [-0.05, 0) is 40.8 Å². The lowest BCUT2D eigenvalue weighted by Gasteiger charge is -2.34. The van der Waals surface area contributed by atoms with Crippen LogP contribution in [0.1, 0.15) is 42.3 Å². The Morgan fingerprint density at radius 2 is 1.62 bits per heavy atom. The highest BCUT2D eigenvalue weighted by Crippen LogP contribution is 2.26. The first-order chi connectivity index (χ1) is 19.9. The number of aromatic nitrogens is 3. The van der Waals surface area contributed by atoms with Crippen molar-refractivity contribution in [2.75, 3.05) is 32.8 Å². The van der Waals surface area contributed by atoms with Crippen LogP contribution in [-0.2, 0) is 12.0 Å². The lowest BCUT2D eigenvalue weighted by atomic mass is 9.87. The standard InChI is InChI=1S/C31H32F3N5O3/c1-30(2,3)24-9-6-22(7-10-24)27-36-28(42-37-27)26-13-8-23(18-35-26)29(40)39-16-14-38(15-17-39)19-21-4-11-25(12-5-21)41-20-31(32,33)34/h4-13,18H,14-17,19-20H2,1-3H3. The minimum Gasteiger partial charge on any atom is -0.484 e. The van der Waals surface area contributed by atoms with E-state index < -0.39 is 12.8 Å². The molecule has 1 aliphatic rings. The summed E-state index contributed by atoms with van der Waals surface area (Å²) in [6.45, 7) is 8.23. The summed E-state index contributed by atoms with van der Waals surface area (Å²) in [5.41, 5.74) is 4.02. The smallest absolute Gasteiger partial charge is 0.422 e. The second kappa shape index (κ2) is 11.9. The van der Waals surface area contributed by atoms with E-state index in [0.29, 0.717) is 49.8 Å². The fourth-order valence-electron chi connectivity index (χ4n) is 4.62. The van der Waals surface area contributed by atoms with Crippen LogP contribution in [0.2, 0.25) is 0 Å². The number of hydrogen-bond donors (Lipinski definition) is 0. The predicted molar refractivity (Wildman–Crippen MR) is 151 cm³/mol. The number of piperazine rings is 1. The van der Waals surface area contributed by atoms with Gasteiger partial charge in [0, 0.05) is 44.5 Å². The number of rotatable bonds is 7. The van der Waals surface area contributed by atoms with Crippen molar-refractivity contribution in [3.8, 4) is 28.7 Å². The molecule has 0 saturated carbocycles. The average Bonchev–Trinajstić information content (AvgIpc) is 3.47. The van der Waals surface area contributed by atoms with Crippen molar-refractivity contribution < 1.29 is 27.2 Å². The second-order valence-electron chi connectivity index (χ2n) is 11.3. The molecule has 4 aromatic rings. The molecular formula is C31H32F3N5O3. The molecule has 220 valence electrons. The Kier molecular flexibility index (Phi) is 8.31. The molecule has 0 aliphatic carbocycles.